The van der Waals surface area contributed by atoms with Gasteiger partial charge in [0.05, 0.1) is 11.3 Å². The van der Waals surface area contributed by atoms with Crippen LogP contribution in [-0.2, 0) is 26.0 Å². The Morgan fingerprint density at radius 2 is 1.72 bits per heavy atom. The van der Waals surface area contributed by atoms with Gasteiger partial charge in [-0.3, -0.25) is 4.79 Å². The molecule has 0 unspecified atom stereocenters. The summed E-state index contributed by atoms with van der Waals surface area (Å²) < 4.78 is 27.8. The molecule has 0 aromatic heterocycles. The Bertz CT molecular complexity index is 935. The minimum absolute atomic E-state index is 0.100. The van der Waals surface area contributed by atoms with E-state index in [0.717, 1.165) is 5.56 Å². The maximum atomic E-state index is 12.8. The molecule has 0 saturated heterocycles. The number of benzene rings is 2. The Morgan fingerprint density at radius 3 is 2.32 bits per heavy atom. The lowest BCUT2D eigenvalue weighted by atomic mass is 9.92. The summed E-state index contributed by atoms with van der Waals surface area (Å²) in [6, 6.07) is 14.3. The van der Waals surface area contributed by atoms with Gasteiger partial charge in [-0.05, 0) is 31.0 Å². The van der Waals surface area contributed by atoms with Gasteiger partial charge in [0.1, 0.15) is 16.5 Å². The number of thiol groups is 1. The summed E-state index contributed by atoms with van der Waals surface area (Å²) in [4.78, 5) is 12.8. The van der Waals surface area contributed by atoms with Crippen molar-refractivity contribution < 1.29 is 17.9 Å². The lowest BCUT2D eigenvalue weighted by Crippen LogP contribution is -2.29. The molecule has 0 radical (unpaired) electrons. The summed E-state index contributed by atoms with van der Waals surface area (Å²) in [5.74, 6) is 0.238. The third-order valence-corrected chi connectivity index (χ3v) is 4.99. The van der Waals surface area contributed by atoms with Crippen molar-refractivity contribution in [3.63, 3.8) is 0 Å². The molecule has 0 aliphatic carbocycles. The van der Waals surface area contributed by atoms with E-state index in [2.05, 4.69) is 0 Å². The van der Waals surface area contributed by atoms with Gasteiger partial charge in [-0.2, -0.15) is 0 Å². The van der Waals surface area contributed by atoms with Crippen molar-refractivity contribution in [1.82, 2.24) is 0 Å². The molecule has 0 saturated carbocycles. The third-order valence-electron chi connectivity index (χ3n) is 4.04. The monoisotopic (exact) mass is 376 g/mol. The fourth-order valence-corrected chi connectivity index (χ4v) is 3.68. The van der Waals surface area contributed by atoms with Gasteiger partial charge in [0.2, 0.25) is 5.78 Å². The third kappa shape index (κ3) is 3.48. The molecule has 1 aliphatic rings. The van der Waals surface area contributed by atoms with Crippen molar-refractivity contribution in [2.75, 3.05) is 0 Å². The van der Waals surface area contributed by atoms with Gasteiger partial charge < -0.3 is 4.74 Å². The lowest BCUT2D eigenvalue weighted by Gasteiger charge is -2.18. The largest absolute Gasteiger partial charge is 0.478 e. The number of carbonyl (C=O) groups is 1. The van der Waals surface area contributed by atoms with Crippen LogP contribution in [0.15, 0.2) is 48.5 Å². The standard InChI is InChI=1S/C19H17ClO4S/c1-19(2)18(21)16(12-6-4-3-5-7-12)17(24-19)13-8-9-14(11-25(22)23)15(20)10-13/h3-10,25H,11H2,1-2H3. The Labute approximate surface area is 153 Å². The van der Waals surface area contributed by atoms with E-state index in [0.29, 0.717) is 27.5 Å². The fourth-order valence-electron chi connectivity index (χ4n) is 2.78. The molecule has 0 amide bonds. The van der Waals surface area contributed by atoms with E-state index < -0.39 is 16.3 Å². The first-order valence-corrected chi connectivity index (χ1v) is 9.48. The van der Waals surface area contributed by atoms with Crippen LogP contribution in [-0.4, -0.2) is 19.8 Å². The summed E-state index contributed by atoms with van der Waals surface area (Å²) in [7, 11) is -2.56. The average Bonchev–Trinajstić information content (AvgIpc) is 2.80. The molecule has 2 aromatic carbocycles. The van der Waals surface area contributed by atoms with Crippen LogP contribution in [0.4, 0.5) is 0 Å². The maximum absolute atomic E-state index is 12.8. The normalized spacial score (nSPS) is 16.4. The van der Waals surface area contributed by atoms with Crippen molar-refractivity contribution in [3.05, 3.63) is 70.2 Å². The van der Waals surface area contributed by atoms with Crippen LogP contribution in [0.25, 0.3) is 11.3 Å². The predicted octanol–water partition coefficient (Wildman–Crippen LogP) is 3.70. The van der Waals surface area contributed by atoms with Crippen LogP contribution in [0.2, 0.25) is 5.02 Å². The molecule has 0 spiro atoms. The van der Waals surface area contributed by atoms with E-state index in [1.165, 1.54) is 0 Å². The minimum Gasteiger partial charge on any atom is -0.478 e. The van der Waals surface area contributed by atoms with Gasteiger partial charge in [-0.25, -0.2) is 8.42 Å². The quantitative estimate of drug-likeness (QED) is 0.826. The number of carbonyl (C=O) groups excluding carboxylic acids is 1. The highest BCUT2D eigenvalue weighted by Crippen LogP contribution is 2.41. The Balaban J connectivity index is 2.13. The second-order valence-electron chi connectivity index (χ2n) is 6.31. The van der Waals surface area contributed by atoms with Crippen LogP contribution >= 0.6 is 11.6 Å². The van der Waals surface area contributed by atoms with Crippen LogP contribution in [0.5, 0.6) is 0 Å². The molecule has 25 heavy (non-hydrogen) atoms. The highest BCUT2D eigenvalue weighted by atomic mass is 35.5. The molecule has 1 aliphatic heterocycles. The zero-order chi connectivity index (χ0) is 18.2. The summed E-state index contributed by atoms with van der Waals surface area (Å²) in [5.41, 5.74) is 1.48. The summed E-state index contributed by atoms with van der Waals surface area (Å²) in [5, 5.41) is 0.331. The van der Waals surface area contributed by atoms with E-state index in [1.807, 2.05) is 30.3 Å². The summed E-state index contributed by atoms with van der Waals surface area (Å²) in [6.07, 6.45) is 0. The molecule has 4 nitrogen and oxygen atoms in total. The number of hydrogen-bond donors (Lipinski definition) is 1. The molecule has 0 atom stereocenters. The van der Waals surface area contributed by atoms with Crippen LogP contribution in [0.3, 0.4) is 0 Å². The first-order chi connectivity index (χ1) is 11.8. The molecule has 6 heteroatoms. The molecule has 1 heterocycles. The molecule has 0 N–H and O–H groups in total. The van der Waals surface area contributed by atoms with Crippen molar-refractivity contribution in [2.24, 2.45) is 0 Å². The summed E-state index contributed by atoms with van der Waals surface area (Å²) >= 11 is 6.22. The van der Waals surface area contributed by atoms with Gasteiger partial charge in [-0.1, -0.05) is 54.1 Å². The molecule has 3 rings (SSSR count). The van der Waals surface area contributed by atoms with Gasteiger partial charge in [0.25, 0.3) is 0 Å². The SMILES string of the molecule is CC1(C)OC(c2ccc(C[SH](=O)=O)c(Cl)c2)=C(c2ccccc2)C1=O. The number of ether oxygens (including phenoxy) is 1. The van der Waals surface area contributed by atoms with E-state index in [4.69, 9.17) is 16.3 Å². The number of ketones is 1. The molecular formula is C19H17ClO4S. The minimum atomic E-state index is -2.56. The molecular weight excluding hydrogens is 360 g/mol. The fraction of sp³-hybridized carbons (Fsp3) is 0.211. The average molecular weight is 377 g/mol. The number of hydrogen-bond acceptors (Lipinski definition) is 4. The van der Waals surface area contributed by atoms with Crippen LogP contribution in [0.1, 0.15) is 30.5 Å². The molecule has 2 aromatic rings. The zero-order valence-corrected chi connectivity index (χ0v) is 15.4. The highest BCUT2D eigenvalue weighted by Gasteiger charge is 2.42. The second kappa shape index (κ2) is 6.65. The van der Waals surface area contributed by atoms with E-state index in [9.17, 15) is 13.2 Å². The van der Waals surface area contributed by atoms with Gasteiger partial charge in [-0.15, -0.1) is 0 Å². The Hall–Kier alpha value is -2.11. The Morgan fingerprint density at radius 1 is 1.04 bits per heavy atom. The van der Waals surface area contributed by atoms with Crippen molar-refractivity contribution in [3.8, 4) is 0 Å². The molecule has 0 bridgehead atoms. The predicted molar refractivity (Wildman–Crippen MR) is 98.9 cm³/mol. The van der Waals surface area contributed by atoms with E-state index in [-0.39, 0.29) is 11.5 Å². The highest BCUT2D eigenvalue weighted by molar-refractivity contribution is 7.71. The number of rotatable bonds is 4. The van der Waals surface area contributed by atoms with Crippen molar-refractivity contribution in [2.45, 2.75) is 25.2 Å². The van der Waals surface area contributed by atoms with Crippen LogP contribution < -0.4 is 0 Å². The van der Waals surface area contributed by atoms with Gasteiger partial charge >= 0.3 is 0 Å². The van der Waals surface area contributed by atoms with Crippen molar-refractivity contribution in [1.29, 1.82) is 0 Å². The van der Waals surface area contributed by atoms with E-state index >= 15 is 0 Å². The summed E-state index contributed by atoms with van der Waals surface area (Å²) in [6.45, 7) is 3.45. The molecule has 130 valence electrons. The molecule has 0 fully saturated rings. The first kappa shape index (κ1) is 17.7. The Kier molecular flexibility index (Phi) is 4.71. The van der Waals surface area contributed by atoms with Crippen LogP contribution in [0, 0.1) is 0 Å². The smallest absolute Gasteiger partial charge is 0.210 e. The first-order valence-electron chi connectivity index (χ1n) is 7.74. The topological polar surface area (TPSA) is 60.4 Å². The maximum Gasteiger partial charge on any atom is 0.210 e. The number of halogens is 1. The van der Waals surface area contributed by atoms with Gasteiger partial charge in [0, 0.05) is 10.6 Å². The lowest BCUT2D eigenvalue weighted by molar-refractivity contribution is -0.125. The number of Topliss-reactive ketones (excluding diaryl/α,β-unsaturated/α-hetero) is 1. The van der Waals surface area contributed by atoms with Gasteiger partial charge in [0.15, 0.2) is 5.60 Å². The van der Waals surface area contributed by atoms with E-state index in [1.54, 1.807) is 32.0 Å². The second-order valence-corrected chi connectivity index (χ2v) is 7.70. The van der Waals surface area contributed by atoms with Crippen molar-refractivity contribution >= 4 is 39.4 Å². The zero-order valence-electron chi connectivity index (χ0n) is 13.8.